The Morgan fingerprint density at radius 2 is 2.15 bits per heavy atom. The number of nitrogens with zero attached hydrogens (tertiary/aromatic N) is 1. The number of fused-ring (bicyclic) bond motifs is 2. The number of para-hydroxylation sites is 1. The number of aliphatic imine (C=N–C) groups is 1. The lowest BCUT2D eigenvalue weighted by Crippen LogP contribution is -2.42. The molecule has 0 aliphatic carbocycles. The van der Waals surface area contributed by atoms with Crippen molar-refractivity contribution in [3.63, 3.8) is 0 Å². The number of hydrogen-bond acceptors (Lipinski definition) is 3. The van der Waals surface area contributed by atoms with Crippen molar-refractivity contribution >= 4 is 29.2 Å². The third-order valence-electron chi connectivity index (χ3n) is 3.55. The standard InChI is InChI=1S/C16H18N2OS/c1-2-3-4-9-14-17-15-12(16(20)18-14)10-11-7-5-6-8-13(11)19-15/h5-8,10,14H,2-4,9H2,1H3,(H,18,20). The van der Waals surface area contributed by atoms with Crippen LogP contribution in [0.3, 0.4) is 0 Å². The molecule has 2 aliphatic rings. The van der Waals surface area contributed by atoms with E-state index in [9.17, 15) is 0 Å². The normalized spacial score (nSPS) is 20.1. The summed E-state index contributed by atoms with van der Waals surface area (Å²) in [5.41, 5.74) is 1.94. The molecule has 2 heterocycles. The first kappa shape index (κ1) is 13.3. The Morgan fingerprint density at radius 3 is 3.00 bits per heavy atom. The van der Waals surface area contributed by atoms with Gasteiger partial charge in [0.2, 0.25) is 5.90 Å². The topological polar surface area (TPSA) is 33.6 Å². The van der Waals surface area contributed by atoms with E-state index in [2.05, 4.69) is 23.3 Å². The minimum Gasteiger partial charge on any atom is -0.438 e. The van der Waals surface area contributed by atoms with Crippen molar-refractivity contribution in [2.75, 3.05) is 0 Å². The first-order valence-corrected chi connectivity index (χ1v) is 7.56. The van der Waals surface area contributed by atoms with Crippen LogP contribution in [0.5, 0.6) is 5.75 Å². The van der Waals surface area contributed by atoms with Crippen molar-refractivity contribution in [1.82, 2.24) is 5.32 Å². The summed E-state index contributed by atoms with van der Waals surface area (Å²) >= 11 is 5.45. The third-order valence-corrected chi connectivity index (χ3v) is 3.89. The molecule has 1 atom stereocenters. The Balaban J connectivity index is 1.84. The summed E-state index contributed by atoms with van der Waals surface area (Å²) in [6.45, 7) is 2.20. The number of benzene rings is 1. The SMILES string of the molecule is CCCCCC1N=C2Oc3ccccc3C=C2C(=S)N1. The van der Waals surface area contributed by atoms with E-state index in [1.165, 1.54) is 12.8 Å². The average molecular weight is 286 g/mol. The molecule has 0 aromatic heterocycles. The quantitative estimate of drug-likeness (QED) is 0.677. The van der Waals surface area contributed by atoms with Gasteiger partial charge in [-0.05, 0) is 25.0 Å². The van der Waals surface area contributed by atoms with Crippen LogP contribution in [0.25, 0.3) is 6.08 Å². The summed E-state index contributed by atoms with van der Waals surface area (Å²) in [6.07, 6.45) is 6.69. The molecule has 3 nitrogen and oxygen atoms in total. The molecule has 3 rings (SSSR count). The van der Waals surface area contributed by atoms with Crippen LogP contribution in [-0.2, 0) is 0 Å². The first-order chi connectivity index (χ1) is 9.78. The second-order valence-corrected chi connectivity index (χ2v) is 5.53. The summed E-state index contributed by atoms with van der Waals surface area (Å²) in [5, 5.41) is 3.30. The molecule has 1 unspecified atom stereocenters. The van der Waals surface area contributed by atoms with Crippen LogP contribution in [0.1, 0.15) is 38.2 Å². The maximum atomic E-state index is 5.90. The molecule has 1 aromatic carbocycles. The van der Waals surface area contributed by atoms with E-state index in [4.69, 9.17) is 17.0 Å². The molecule has 104 valence electrons. The second-order valence-electron chi connectivity index (χ2n) is 5.12. The molecule has 20 heavy (non-hydrogen) atoms. The van der Waals surface area contributed by atoms with Gasteiger partial charge in [-0.3, -0.25) is 0 Å². The predicted octanol–water partition coefficient (Wildman–Crippen LogP) is 3.70. The van der Waals surface area contributed by atoms with Gasteiger partial charge < -0.3 is 10.1 Å². The minimum absolute atomic E-state index is 0.0477. The summed E-state index contributed by atoms with van der Waals surface area (Å²) in [6, 6.07) is 7.95. The van der Waals surface area contributed by atoms with E-state index < -0.39 is 0 Å². The van der Waals surface area contributed by atoms with Gasteiger partial charge in [-0.25, -0.2) is 4.99 Å². The van der Waals surface area contributed by atoms with Gasteiger partial charge in [-0.15, -0.1) is 0 Å². The Hall–Kier alpha value is -1.68. The first-order valence-electron chi connectivity index (χ1n) is 7.15. The van der Waals surface area contributed by atoms with Crippen LogP contribution in [-0.4, -0.2) is 17.1 Å². The Morgan fingerprint density at radius 1 is 1.30 bits per heavy atom. The molecular formula is C16H18N2OS. The zero-order chi connectivity index (χ0) is 13.9. The predicted molar refractivity (Wildman–Crippen MR) is 86.1 cm³/mol. The molecule has 0 radical (unpaired) electrons. The number of rotatable bonds is 4. The molecule has 2 aliphatic heterocycles. The van der Waals surface area contributed by atoms with Gasteiger partial charge >= 0.3 is 0 Å². The minimum atomic E-state index is 0.0477. The molecule has 0 fully saturated rings. The van der Waals surface area contributed by atoms with Gasteiger partial charge in [0.25, 0.3) is 0 Å². The van der Waals surface area contributed by atoms with Crippen LogP contribution in [0.4, 0.5) is 0 Å². The highest BCUT2D eigenvalue weighted by molar-refractivity contribution is 7.80. The highest BCUT2D eigenvalue weighted by atomic mass is 32.1. The second kappa shape index (κ2) is 5.75. The van der Waals surface area contributed by atoms with E-state index in [0.29, 0.717) is 5.90 Å². The van der Waals surface area contributed by atoms with E-state index >= 15 is 0 Å². The molecule has 4 heteroatoms. The lowest BCUT2D eigenvalue weighted by Gasteiger charge is -2.28. The summed E-state index contributed by atoms with van der Waals surface area (Å²) in [7, 11) is 0. The maximum Gasteiger partial charge on any atom is 0.227 e. The fourth-order valence-corrected chi connectivity index (χ4v) is 2.74. The molecule has 0 spiro atoms. The molecule has 1 aromatic rings. The fourth-order valence-electron chi connectivity index (χ4n) is 2.45. The van der Waals surface area contributed by atoms with E-state index in [1.54, 1.807) is 0 Å². The van der Waals surface area contributed by atoms with Gasteiger partial charge in [0.1, 0.15) is 16.9 Å². The number of nitrogens with one attached hydrogen (secondary N) is 1. The number of hydrogen-bond donors (Lipinski definition) is 1. The van der Waals surface area contributed by atoms with Gasteiger partial charge in [0.15, 0.2) is 0 Å². The molecule has 0 bridgehead atoms. The van der Waals surface area contributed by atoms with E-state index in [-0.39, 0.29) is 6.17 Å². The smallest absolute Gasteiger partial charge is 0.227 e. The molecule has 0 amide bonds. The molecule has 1 N–H and O–H groups in total. The molecule has 0 saturated heterocycles. The van der Waals surface area contributed by atoms with Crippen molar-refractivity contribution in [3.8, 4) is 5.75 Å². The van der Waals surface area contributed by atoms with Crippen LogP contribution in [0.15, 0.2) is 34.8 Å². The zero-order valence-electron chi connectivity index (χ0n) is 11.6. The maximum absolute atomic E-state index is 5.90. The van der Waals surface area contributed by atoms with Crippen molar-refractivity contribution in [1.29, 1.82) is 0 Å². The number of thiocarbonyl (C=S) groups is 1. The lowest BCUT2D eigenvalue weighted by atomic mass is 10.0. The lowest BCUT2D eigenvalue weighted by molar-refractivity contribution is 0.493. The van der Waals surface area contributed by atoms with Gasteiger partial charge in [0.05, 0.1) is 5.57 Å². The summed E-state index contributed by atoms with van der Waals surface area (Å²) in [5.74, 6) is 1.51. The van der Waals surface area contributed by atoms with Crippen molar-refractivity contribution < 1.29 is 4.74 Å². The van der Waals surface area contributed by atoms with Crippen LogP contribution in [0, 0.1) is 0 Å². The Bertz CT molecular complexity index is 592. The average Bonchev–Trinajstić information content (AvgIpc) is 2.46. The Labute approximate surface area is 124 Å². The van der Waals surface area contributed by atoms with Crippen LogP contribution >= 0.6 is 12.2 Å². The van der Waals surface area contributed by atoms with Gasteiger partial charge in [-0.2, -0.15) is 0 Å². The van der Waals surface area contributed by atoms with E-state index in [0.717, 1.165) is 34.7 Å². The summed E-state index contributed by atoms with van der Waals surface area (Å²) < 4.78 is 5.90. The van der Waals surface area contributed by atoms with E-state index in [1.807, 2.05) is 24.3 Å². The number of unbranched alkanes of at least 4 members (excludes halogenated alkanes) is 2. The highest BCUT2D eigenvalue weighted by Gasteiger charge is 2.27. The van der Waals surface area contributed by atoms with Crippen LogP contribution < -0.4 is 10.1 Å². The molecule has 0 saturated carbocycles. The largest absolute Gasteiger partial charge is 0.438 e. The third kappa shape index (κ3) is 2.61. The van der Waals surface area contributed by atoms with Crippen molar-refractivity contribution in [2.45, 2.75) is 38.8 Å². The van der Waals surface area contributed by atoms with Crippen molar-refractivity contribution in [3.05, 3.63) is 35.4 Å². The summed E-state index contributed by atoms with van der Waals surface area (Å²) in [4.78, 5) is 5.39. The van der Waals surface area contributed by atoms with Gasteiger partial charge in [-0.1, -0.05) is 50.2 Å². The molecular weight excluding hydrogens is 268 g/mol. The Kier molecular flexibility index (Phi) is 3.83. The highest BCUT2D eigenvalue weighted by Crippen LogP contribution is 2.29. The zero-order valence-corrected chi connectivity index (χ0v) is 12.4. The fraction of sp³-hybridized carbons (Fsp3) is 0.375. The van der Waals surface area contributed by atoms with Crippen LogP contribution in [0.2, 0.25) is 0 Å². The monoisotopic (exact) mass is 286 g/mol. The number of ether oxygens (including phenoxy) is 1. The van der Waals surface area contributed by atoms with Crippen molar-refractivity contribution in [2.24, 2.45) is 4.99 Å². The van der Waals surface area contributed by atoms with Gasteiger partial charge in [0, 0.05) is 5.56 Å².